The van der Waals surface area contributed by atoms with Gasteiger partial charge >= 0.3 is 6.01 Å². The van der Waals surface area contributed by atoms with E-state index in [2.05, 4.69) is 20.1 Å². The molecule has 0 spiro atoms. The van der Waals surface area contributed by atoms with Crippen LogP contribution in [0.2, 0.25) is 5.02 Å². The van der Waals surface area contributed by atoms with Gasteiger partial charge in [-0.1, -0.05) is 11.6 Å². The van der Waals surface area contributed by atoms with Gasteiger partial charge in [0.25, 0.3) is 0 Å². The summed E-state index contributed by atoms with van der Waals surface area (Å²) < 4.78 is 44.0. The molecular weight excluding hydrogens is 578 g/mol. The minimum absolute atomic E-state index is 0.0197. The number of aromatic nitrogens is 3. The highest BCUT2D eigenvalue weighted by Gasteiger charge is 2.50. The van der Waals surface area contributed by atoms with Gasteiger partial charge in [-0.3, -0.25) is 4.90 Å². The zero-order valence-electron chi connectivity index (χ0n) is 23.7. The second kappa shape index (κ2) is 9.49. The molecule has 1 aromatic carbocycles. The number of aromatic hydroxyl groups is 1. The first-order chi connectivity index (χ1) is 20.9. The first kappa shape index (κ1) is 26.4. The number of phenolic OH excluding ortho intramolecular Hbond substituents is 1. The first-order valence-electron chi connectivity index (χ1n) is 15.5. The van der Waals surface area contributed by atoms with Gasteiger partial charge in [0.2, 0.25) is 5.88 Å². The van der Waals surface area contributed by atoms with Gasteiger partial charge in [0.15, 0.2) is 5.82 Å². The molecule has 7 heterocycles. The standard InChI is InChI=1S/C31H33ClF2N6O3/c32-20-9-18(41)8-19(23(20)15-2-3-15)26-25(34)27-24-28(40-12-17-4-5-21(35-17)22(40)13-42-29(24)36-26)38-30(37-27)43-14-31-6-1-7-39(31)11-16(33)10-31/h8-9,15-17,21-22,35,41H,1-7,10-14H2/t16-,17?,21?,22-,31+/m1/s1. The highest BCUT2D eigenvalue weighted by atomic mass is 35.5. The monoisotopic (exact) mass is 610 g/mol. The van der Waals surface area contributed by atoms with Crippen LogP contribution in [0.3, 0.4) is 0 Å². The SMILES string of the molecule is Oc1cc(Cl)c(C2CC2)c(-c2nc3c4c(nc(OC[C@@]56CCCN5C[C@H](F)C6)nc4c2F)N2CC4CCC(N4)[C@H]2CO3)c1. The van der Waals surface area contributed by atoms with Gasteiger partial charge in [-0.05, 0) is 68.7 Å². The summed E-state index contributed by atoms with van der Waals surface area (Å²) in [4.78, 5) is 18.7. The van der Waals surface area contributed by atoms with Crippen LogP contribution in [-0.2, 0) is 0 Å². The minimum Gasteiger partial charge on any atom is -0.508 e. The van der Waals surface area contributed by atoms with Gasteiger partial charge in [0.1, 0.15) is 47.5 Å². The summed E-state index contributed by atoms with van der Waals surface area (Å²) in [6.45, 7) is 2.56. The van der Waals surface area contributed by atoms with Crippen LogP contribution in [0.25, 0.3) is 22.2 Å². The normalized spacial score (nSPS) is 31.2. The largest absolute Gasteiger partial charge is 0.508 e. The maximum atomic E-state index is 16.8. The van der Waals surface area contributed by atoms with E-state index in [-0.39, 0.29) is 53.5 Å². The summed E-state index contributed by atoms with van der Waals surface area (Å²) in [5.74, 6) is 0.292. The Balaban J connectivity index is 1.21. The molecule has 9 nitrogen and oxygen atoms in total. The maximum absolute atomic E-state index is 16.8. The molecule has 9 rings (SSSR count). The lowest BCUT2D eigenvalue weighted by Crippen LogP contribution is -2.60. The van der Waals surface area contributed by atoms with Gasteiger partial charge < -0.3 is 24.8 Å². The van der Waals surface area contributed by atoms with Crippen molar-refractivity contribution in [2.75, 3.05) is 37.7 Å². The number of hydrogen-bond donors (Lipinski definition) is 2. The van der Waals surface area contributed by atoms with Crippen LogP contribution in [0.4, 0.5) is 14.6 Å². The Morgan fingerprint density at radius 1 is 1.16 bits per heavy atom. The summed E-state index contributed by atoms with van der Waals surface area (Å²) in [5.41, 5.74) is 0.920. The zero-order valence-corrected chi connectivity index (χ0v) is 24.4. The molecule has 5 atom stereocenters. The van der Waals surface area contributed by atoms with Crippen molar-refractivity contribution in [1.29, 1.82) is 0 Å². The lowest BCUT2D eigenvalue weighted by atomic mass is 9.95. The summed E-state index contributed by atoms with van der Waals surface area (Å²) in [6.07, 6.45) is 5.31. The number of nitrogens with zero attached hydrogens (tertiary/aromatic N) is 5. The van der Waals surface area contributed by atoms with Gasteiger partial charge in [0.05, 0.1) is 11.6 Å². The number of ether oxygens (including phenoxy) is 2. The van der Waals surface area contributed by atoms with E-state index < -0.39 is 17.5 Å². The van der Waals surface area contributed by atoms with Crippen molar-refractivity contribution in [3.63, 3.8) is 0 Å². The van der Waals surface area contributed by atoms with Gasteiger partial charge in [0, 0.05) is 42.2 Å². The number of benzene rings is 1. The average Bonchev–Trinajstić information content (AvgIpc) is 3.56. The van der Waals surface area contributed by atoms with Crippen LogP contribution in [0.5, 0.6) is 17.6 Å². The lowest BCUT2D eigenvalue weighted by molar-refractivity contribution is 0.107. The molecule has 4 saturated heterocycles. The smallest absolute Gasteiger partial charge is 0.319 e. The van der Waals surface area contributed by atoms with E-state index in [4.69, 9.17) is 31.0 Å². The quantitative estimate of drug-likeness (QED) is 0.425. The molecule has 6 aliphatic rings. The zero-order chi connectivity index (χ0) is 29.0. The number of alkyl halides is 1. The molecule has 2 N–H and O–H groups in total. The molecular formula is C31H33ClF2N6O3. The predicted molar refractivity (Wildman–Crippen MR) is 156 cm³/mol. The molecule has 5 fully saturated rings. The van der Waals surface area contributed by atoms with Gasteiger partial charge in [-0.25, -0.2) is 13.8 Å². The summed E-state index contributed by atoms with van der Waals surface area (Å²) in [7, 11) is 0. The third kappa shape index (κ3) is 4.10. The third-order valence-corrected chi connectivity index (χ3v) is 10.8. The molecule has 5 aliphatic heterocycles. The second-order valence-electron chi connectivity index (χ2n) is 13.2. The molecule has 2 bridgehead atoms. The Hall–Kier alpha value is -3.02. The average molecular weight is 611 g/mol. The molecule has 3 aromatic rings. The third-order valence-electron chi connectivity index (χ3n) is 10.5. The number of phenols is 1. The fraction of sp³-hybridized carbons (Fsp3) is 0.581. The Morgan fingerprint density at radius 3 is 2.91 bits per heavy atom. The van der Waals surface area contributed by atoms with Crippen LogP contribution in [-0.4, -0.2) is 87.6 Å². The number of nitrogens with one attached hydrogen (secondary N) is 1. The van der Waals surface area contributed by atoms with Crippen molar-refractivity contribution in [3.8, 4) is 28.9 Å². The van der Waals surface area contributed by atoms with E-state index in [9.17, 15) is 9.50 Å². The maximum Gasteiger partial charge on any atom is 0.319 e. The van der Waals surface area contributed by atoms with E-state index in [1.54, 1.807) is 0 Å². The van der Waals surface area contributed by atoms with E-state index in [0.29, 0.717) is 53.9 Å². The highest BCUT2D eigenvalue weighted by molar-refractivity contribution is 6.32. The van der Waals surface area contributed by atoms with Crippen molar-refractivity contribution in [2.45, 2.75) is 80.7 Å². The van der Waals surface area contributed by atoms with Crippen molar-refractivity contribution < 1.29 is 23.4 Å². The Morgan fingerprint density at radius 2 is 2.05 bits per heavy atom. The Labute approximate surface area is 252 Å². The fourth-order valence-electron chi connectivity index (χ4n) is 8.39. The molecule has 2 unspecified atom stereocenters. The molecule has 12 heteroatoms. The van der Waals surface area contributed by atoms with Crippen LogP contribution < -0.4 is 19.7 Å². The van der Waals surface area contributed by atoms with E-state index in [1.165, 1.54) is 12.1 Å². The van der Waals surface area contributed by atoms with Crippen molar-refractivity contribution in [2.24, 2.45) is 0 Å². The molecule has 0 amide bonds. The fourth-order valence-corrected chi connectivity index (χ4v) is 8.76. The number of pyridine rings is 1. The van der Waals surface area contributed by atoms with Crippen molar-refractivity contribution in [3.05, 3.63) is 28.5 Å². The summed E-state index contributed by atoms with van der Waals surface area (Å²) in [6, 6.07) is 3.57. The topological polar surface area (TPSA) is 95.9 Å². The number of rotatable bonds is 5. The van der Waals surface area contributed by atoms with Crippen LogP contribution in [0.1, 0.15) is 56.4 Å². The lowest BCUT2D eigenvalue weighted by Gasteiger charge is -2.40. The number of halogens is 3. The van der Waals surface area contributed by atoms with Crippen molar-refractivity contribution in [1.82, 2.24) is 25.2 Å². The summed E-state index contributed by atoms with van der Waals surface area (Å²) in [5, 5.41) is 15.0. The van der Waals surface area contributed by atoms with Crippen LogP contribution in [0.15, 0.2) is 12.1 Å². The predicted octanol–water partition coefficient (Wildman–Crippen LogP) is 4.72. The number of anilines is 1. The Bertz CT molecular complexity index is 1660. The van der Waals surface area contributed by atoms with Gasteiger partial charge in [-0.2, -0.15) is 9.97 Å². The molecule has 1 saturated carbocycles. The van der Waals surface area contributed by atoms with Gasteiger partial charge in [-0.15, -0.1) is 0 Å². The highest BCUT2D eigenvalue weighted by Crippen LogP contribution is 2.50. The van der Waals surface area contributed by atoms with Crippen LogP contribution >= 0.6 is 11.6 Å². The number of hydrogen-bond acceptors (Lipinski definition) is 9. The van der Waals surface area contributed by atoms with Crippen molar-refractivity contribution >= 4 is 28.3 Å². The number of piperazine rings is 1. The minimum atomic E-state index is -0.885. The molecule has 226 valence electrons. The van der Waals surface area contributed by atoms with E-state index in [0.717, 1.165) is 50.6 Å². The second-order valence-corrected chi connectivity index (χ2v) is 13.6. The van der Waals surface area contributed by atoms with E-state index in [1.807, 2.05) is 0 Å². The molecule has 2 aromatic heterocycles. The molecule has 0 radical (unpaired) electrons. The Kier molecular flexibility index (Phi) is 5.82. The first-order valence-corrected chi connectivity index (χ1v) is 15.9. The van der Waals surface area contributed by atoms with E-state index >= 15 is 4.39 Å². The van der Waals surface area contributed by atoms with Crippen LogP contribution in [0, 0.1) is 5.82 Å². The summed E-state index contributed by atoms with van der Waals surface area (Å²) >= 11 is 6.60. The number of fused-ring (bicyclic) bond motifs is 6. The molecule has 43 heavy (non-hydrogen) atoms. The molecule has 1 aliphatic carbocycles.